The van der Waals surface area contributed by atoms with Crippen LogP contribution in [0.2, 0.25) is 0 Å². The van der Waals surface area contributed by atoms with Crippen LogP contribution in [-0.4, -0.2) is 42.2 Å². The highest BCUT2D eigenvalue weighted by Crippen LogP contribution is 2.17. The molecule has 1 unspecified atom stereocenters. The summed E-state index contributed by atoms with van der Waals surface area (Å²) in [5.41, 5.74) is 3.20. The van der Waals surface area contributed by atoms with Gasteiger partial charge in [-0.1, -0.05) is 30.3 Å². The molecular formula is C21H27N5O. The molecule has 1 atom stereocenters. The van der Waals surface area contributed by atoms with E-state index in [0.29, 0.717) is 6.54 Å². The highest BCUT2D eigenvalue weighted by Gasteiger charge is 2.08. The first-order valence-electron chi connectivity index (χ1n) is 9.26. The Morgan fingerprint density at radius 2 is 1.93 bits per heavy atom. The topological polar surface area (TPSA) is 74.3 Å². The lowest BCUT2D eigenvalue weighted by molar-refractivity contribution is 0.222. The van der Waals surface area contributed by atoms with E-state index in [1.54, 1.807) is 7.05 Å². The van der Waals surface area contributed by atoms with Crippen molar-refractivity contribution in [2.45, 2.75) is 26.4 Å². The second-order valence-corrected chi connectivity index (χ2v) is 6.52. The smallest absolute Gasteiger partial charge is 0.191 e. The number of imidazole rings is 1. The molecule has 2 aromatic carbocycles. The van der Waals surface area contributed by atoms with Gasteiger partial charge in [0, 0.05) is 20.0 Å². The number of aromatic nitrogens is 2. The van der Waals surface area contributed by atoms with Gasteiger partial charge in [-0.3, -0.25) is 4.99 Å². The normalized spacial score (nSPS) is 12.8. The van der Waals surface area contributed by atoms with Gasteiger partial charge < -0.3 is 20.4 Å². The van der Waals surface area contributed by atoms with Gasteiger partial charge in [0.25, 0.3) is 0 Å². The van der Waals surface area contributed by atoms with E-state index >= 15 is 0 Å². The molecule has 0 bridgehead atoms. The summed E-state index contributed by atoms with van der Waals surface area (Å²) in [6.45, 7) is 5.50. The SMILES string of the molecule is CN=C(NCCc1nc2ccccc2[nH]1)NCC(C)Oc1ccccc1C. The summed E-state index contributed by atoms with van der Waals surface area (Å²) in [5, 5.41) is 6.62. The van der Waals surface area contributed by atoms with Gasteiger partial charge in [0.15, 0.2) is 5.96 Å². The van der Waals surface area contributed by atoms with Gasteiger partial charge in [0.1, 0.15) is 17.7 Å². The highest BCUT2D eigenvalue weighted by molar-refractivity contribution is 5.79. The van der Waals surface area contributed by atoms with Crippen LogP contribution in [0.1, 0.15) is 18.3 Å². The van der Waals surface area contributed by atoms with Crippen LogP contribution in [0.25, 0.3) is 11.0 Å². The fourth-order valence-corrected chi connectivity index (χ4v) is 2.83. The molecule has 3 aromatic rings. The van der Waals surface area contributed by atoms with Crippen molar-refractivity contribution in [1.29, 1.82) is 0 Å². The maximum atomic E-state index is 5.99. The Balaban J connectivity index is 1.43. The molecule has 0 aliphatic rings. The first kappa shape index (κ1) is 18.8. The zero-order valence-electron chi connectivity index (χ0n) is 16.1. The van der Waals surface area contributed by atoms with Crippen LogP contribution in [0.4, 0.5) is 0 Å². The number of aryl methyl sites for hydroxylation is 1. The van der Waals surface area contributed by atoms with E-state index in [1.807, 2.05) is 62.4 Å². The number of H-pyrrole nitrogens is 1. The van der Waals surface area contributed by atoms with Crippen molar-refractivity contribution in [2.24, 2.45) is 4.99 Å². The quantitative estimate of drug-likeness (QED) is 0.444. The number of rotatable bonds is 7. The number of aliphatic imine (C=N–C) groups is 1. The lowest BCUT2D eigenvalue weighted by Crippen LogP contribution is -2.42. The van der Waals surface area contributed by atoms with Gasteiger partial charge in [-0.05, 0) is 37.6 Å². The van der Waals surface area contributed by atoms with Crippen molar-refractivity contribution in [2.75, 3.05) is 20.1 Å². The molecule has 0 aliphatic heterocycles. The van der Waals surface area contributed by atoms with E-state index in [4.69, 9.17) is 4.74 Å². The average Bonchev–Trinajstić information content (AvgIpc) is 3.09. The monoisotopic (exact) mass is 365 g/mol. The Morgan fingerprint density at radius 1 is 1.15 bits per heavy atom. The van der Waals surface area contributed by atoms with Crippen LogP contribution in [0.15, 0.2) is 53.5 Å². The van der Waals surface area contributed by atoms with Gasteiger partial charge in [0.05, 0.1) is 17.6 Å². The predicted octanol–water partition coefficient (Wildman–Crippen LogP) is 3.05. The van der Waals surface area contributed by atoms with Crippen LogP contribution in [0.5, 0.6) is 5.75 Å². The second-order valence-electron chi connectivity index (χ2n) is 6.52. The fraction of sp³-hybridized carbons (Fsp3) is 0.333. The van der Waals surface area contributed by atoms with Crippen molar-refractivity contribution in [3.63, 3.8) is 0 Å². The molecule has 0 fully saturated rings. The average molecular weight is 365 g/mol. The molecular weight excluding hydrogens is 338 g/mol. The Morgan fingerprint density at radius 3 is 2.70 bits per heavy atom. The maximum Gasteiger partial charge on any atom is 0.191 e. The molecule has 0 spiro atoms. The third-order valence-electron chi connectivity index (χ3n) is 4.29. The number of fused-ring (bicyclic) bond motifs is 1. The number of guanidine groups is 1. The summed E-state index contributed by atoms with van der Waals surface area (Å²) < 4.78 is 5.99. The van der Waals surface area contributed by atoms with Crippen molar-refractivity contribution >= 4 is 17.0 Å². The van der Waals surface area contributed by atoms with Gasteiger partial charge in [-0.15, -0.1) is 0 Å². The standard InChI is InChI=1S/C21H27N5O/c1-15-8-4-7-11-19(15)27-16(2)14-24-21(22-3)23-13-12-20-25-17-9-5-6-10-18(17)26-20/h4-11,16H,12-14H2,1-3H3,(H,25,26)(H2,22,23,24). The van der Waals surface area contributed by atoms with E-state index in [-0.39, 0.29) is 6.10 Å². The zero-order valence-corrected chi connectivity index (χ0v) is 16.1. The third kappa shape index (κ3) is 5.23. The minimum Gasteiger partial charge on any atom is -0.489 e. The van der Waals surface area contributed by atoms with Crippen molar-refractivity contribution < 1.29 is 4.74 Å². The Kier molecular flexibility index (Phi) is 6.30. The summed E-state index contributed by atoms with van der Waals surface area (Å²) in [7, 11) is 1.77. The first-order valence-corrected chi connectivity index (χ1v) is 9.26. The number of hydrogen-bond acceptors (Lipinski definition) is 3. The van der Waals surface area contributed by atoms with Crippen LogP contribution in [0.3, 0.4) is 0 Å². The molecule has 3 rings (SSSR count). The van der Waals surface area contributed by atoms with Crippen molar-refractivity contribution in [3.8, 4) is 5.75 Å². The Hall–Kier alpha value is -3.02. The number of ether oxygens (including phenoxy) is 1. The molecule has 6 heteroatoms. The van der Waals surface area contributed by atoms with E-state index in [9.17, 15) is 0 Å². The molecule has 1 aromatic heterocycles. The third-order valence-corrected chi connectivity index (χ3v) is 4.29. The van der Waals surface area contributed by atoms with Crippen LogP contribution >= 0.6 is 0 Å². The van der Waals surface area contributed by atoms with Crippen molar-refractivity contribution in [1.82, 2.24) is 20.6 Å². The zero-order chi connectivity index (χ0) is 19.1. The highest BCUT2D eigenvalue weighted by atomic mass is 16.5. The molecule has 0 aliphatic carbocycles. The summed E-state index contributed by atoms with van der Waals surface area (Å²) in [5.74, 6) is 2.64. The summed E-state index contributed by atoms with van der Waals surface area (Å²) in [6, 6.07) is 16.1. The molecule has 0 saturated heterocycles. The molecule has 1 heterocycles. The Bertz CT molecular complexity index is 869. The van der Waals surface area contributed by atoms with Gasteiger partial charge in [0.2, 0.25) is 0 Å². The molecule has 0 amide bonds. The van der Waals surface area contributed by atoms with Crippen LogP contribution in [-0.2, 0) is 6.42 Å². The first-order chi connectivity index (χ1) is 13.2. The summed E-state index contributed by atoms with van der Waals surface area (Å²) >= 11 is 0. The van der Waals surface area contributed by atoms with E-state index in [1.165, 1.54) is 0 Å². The molecule has 6 nitrogen and oxygen atoms in total. The predicted molar refractivity (Wildman–Crippen MR) is 110 cm³/mol. The second kappa shape index (κ2) is 9.07. The van der Waals surface area contributed by atoms with Crippen LogP contribution in [0, 0.1) is 6.92 Å². The van der Waals surface area contributed by atoms with Crippen molar-refractivity contribution in [3.05, 3.63) is 59.9 Å². The van der Waals surface area contributed by atoms with Gasteiger partial charge in [-0.2, -0.15) is 0 Å². The maximum absolute atomic E-state index is 5.99. The minimum atomic E-state index is 0.0278. The van der Waals surface area contributed by atoms with E-state index < -0.39 is 0 Å². The number of para-hydroxylation sites is 3. The fourth-order valence-electron chi connectivity index (χ4n) is 2.83. The summed E-state index contributed by atoms with van der Waals surface area (Å²) in [6.07, 6.45) is 0.824. The minimum absolute atomic E-state index is 0.0278. The van der Waals surface area contributed by atoms with Crippen LogP contribution < -0.4 is 15.4 Å². The summed E-state index contributed by atoms with van der Waals surface area (Å²) in [4.78, 5) is 12.2. The lowest BCUT2D eigenvalue weighted by Gasteiger charge is -2.18. The number of aromatic amines is 1. The number of hydrogen-bond donors (Lipinski definition) is 3. The van der Waals surface area contributed by atoms with E-state index in [0.717, 1.165) is 47.1 Å². The van der Waals surface area contributed by atoms with Gasteiger partial charge >= 0.3 is 0 Å². The molecule has 0 saturated carbocycles. The lowest BCUT2D eigenvalue weighted by atomic mass is 10.2. The number of nitrogens with zero attached hydrogens (tertiary/aromatic N) is 2. The van der Waals surface area contributed by atoms with E-state index in [2.05, 4.69) is 25.6 Å². The molecule has 27 heavy (non-hydrogen) atoms. The molecule has 0 radical (unpaired) electrons. The van der Waals surface area contributed by atoms with Gasteiger partial charge in [-0.25, -0.2) is 4.98 Å². The molecule has 3 N–H and O–H groups in total. The Labute approximate surface area is 160 Å². The largest absolute Gasteiger partial charge is 0.489 e. The number of nitrogens with one attached hydrogen (secondary N) is 3. The molecule has 142 valence electrons. The number of benzene rings is 2.